The molecule has 3 rings (SSSR count). The smallest absolute Gasteiger partial charge is 0.0535 e. The second kappa shape index (κ2) is 7.62. The summed E-state index contributed by atoms with van der Waals surface area (Å²) in [5.74, 6) is 0. The van der Waals surface area contributed by atoms with Crippen molar-refractivity contribution in [3.63, 3.8) is 0 Å². The first-order valence-electron chi connectivity index (χ1n) is 8.47. The molecule has 0 unspecified atom stereocenters. The predicted molar refractivity (Wildman–Crippen MR) is 94.7 cm³/mol. The molecule has 1 saturated heterocycles. The summed E-state index contributed by atoms with van der Waals surface area (Å²) in [5.41, 5.74) is 3.75. The zero-order valence-electron chi connectivity index (χ0n) is 14.1. The van der Waals surface area contributed by atoms with E-state index in [1.165, 1.54) is 11.3 Å². The number of nitrogens with zero attached hydrogens (tertiary/aromatic N) is 3. The van der Waals surface area contributed by atoms with E-state index < -0.39 is 0 Å². The summed E-state index contributed by atoms with van der Waals surface area (Å²) < 4.78 is 0. The number of aromatic amines is 1. The minimum Gasteiger partial charge on any atom is -0.369 e. The van der Waals surface area contributed by atoms with Crippen molar-refractivity contribution in [3.05, 3.63) is 47.8 Å². The van der Waals surface area contributed by atoms with Crippen molar-refractivity contribution < 1.29 is 0 Å². The Morgan fingerprint density at radius 1 is 1.17 bits per heavy atom. The van der Waals surface area contributed by atoms with Gasteiger partial charge in [0.15, 0.2) is 0 Å². The average Bonchev–Trinajstić information content (AvgIpc) is 3.01. The Hall–Kier alpha value is -1.85. The van der Waals surface area contributed by atoms with Crippen molar-refractivity contribution in [3.8, 4) is 0 Å². The Labute approximate surface area is 138 Å². The van der Waals surface area contributed by atoms with E-state index in [0.717, 1.165) is 45.0 Å². The van der Waals surface area contributed by atoms with E-state index in [9.17, 15) is 0 Å². The molecule has 0 amide bonds. The molecule has 1 fully saturated rings. The van der Waals surface area contributed by atoms with Gasteiger partial charge in [0.25, 0.3) is 0 Å². The van der Waals surface area contributed by atoms with Gasteiger partial charge in [-0.05, 0) is 26.0 Å². The molecule has 23 heavy (non-hydrogen) atoms. The molecule has 5 nitrogen and oxygen atoms in total. The van der Waals surface area contributed by atoms with Crippen LogP contribution < -0.4 is 10.2 Å². The fourth-order valence-electron chi connectivity index (χ4n) is 3.16. The molecule has 1 aliphatic rings. The number of piperazine rings is 1. The molecule has 0 saturated carbocycles. The molecule has 0 spiro atoms. The van der Waals surface area contributed by atoms with Gasteiger partial charge in [-0.25, -0.2) is 0 Å². The summed E-state index contributed by atoms with van der Waals surface area (Å²) in [5, 5.41) is 10.6. The quantitative estimate of drug-likeness (QED) is 0.856. The summed E-state index contributed by atoms with van der Waals surface area (Å²) >= 11 is 0. The molecule has 2 N–H and O–H groups in total. The zero-order chi connectivity index (χ0) is 16.1. The van der Waals surface area contributed by atoms with Gasteiger partial charge in [0, 0.05) is 62.3 Å². The SMILES string of the molecule is Cc1[nH]ncc1CNC[C@H](C)N1CCN(c2ccccc2)CC1. The molecule has 0 aliphatic carbocycles. The van der Waals surface area contributed by atoms with Crippen molar-refractivity contribution >= 4 is 5.69 Å². The van der Waals surface area contributed by atoms with Crippen LogP contribution in [0.3, 0.4) is 0 Å². The van der Waals surface area contributed by atoms with E-state index in [4.69, 9.17) is 0 Å². The third-order valence-electron chi connectivity index (χ3n) is 4.75. The zero-order valence-corrected chi connectivity index (χ0v) is 14.1. The minimum atomic E-state index is 0.556. The highest BCUT2D eigenvalue weighted by atomic mass is 15.3. The van der Waals surface area contributed by atoms with E-state index in [1.54, 1.807) is 0 Å². The van der Waals surface area contributed by atoms with Crippen molar-refractivity contribution in [2.24, 2.45) is 0 Å². The summed E-state index contributed by atoms with van der Waals surface area (Å²) in [6.07, 6.45) is 1.91. The number of nitrogens with one attached hydrogen (secondary N) is 2. The first-order valence-corrected chi connectivity index (χ1v) is 8.47. The van der Waals surface area contributed by atoms with Crippen molar-refractivity contribution in [2.45, 2.75) is 26.4 Å². The van der Waals surface area contributed by atoms with Crippen molar-refractivity contribution in [2.75, 3.05) is 37.6 Å². The lowest BCUT2D eigenvalue weighted by Crippen LogP contribution is -2.51. The maximum atomic E-state index is 4.07. The van der Waals surface area contributed by atoms with Crippen LogP contribution in [0.5, 0.6) is 0 Å². The van der Waals surface area contributed by atoms with Gasteiger partial charge in [-0.15, -0.1) is 0 Å². The maximum absolute atomic E-state index is 4.07. The van der Waals surface area contributed by atoms with Crippen LogP contribution in [0, 0.1) is 6.92 Å². The molecular weight excluding hydrogens is 286 g/mol. The van der Waals surface area contributed by atoms with Gasteiger partial charge in [-0.2, -0.15) is 5.10 Å². The summed E-state index contributed by atoms with van der Waals surface area (Å²) in [7, 11) is 0. The number of aryl methyl sites for hydroxylation is 1. The van der Waals surface area contributed by atoms with Crippen LogP contribution in [0.4, 0.5) is 5.69 Å². The fourth-order valence-corrected chi connectivity index (χ4v) is 3.16. The molecule has 1 atom stereocenters. The van der Waals surface area contributed by atoms with E-state index in [1.807, 2.05) is 6.20 Å². The van der Waals surface area contributed by atoms with Crippen LogP contribution in [-0.4, -0.2) is 53.9 Å². The monoisotopic (exact) mass is 313 g/mol. The van der Waals surface area contributed by atoms with Gasteiger partial charge in [0.2, 0.25) is 0 Å². The molecule has 2 aromatic rings. The third kappa shape index (κ3) is 4.12. The normalized spacial score (nSPS) is 17.4. The number of hydrogen-bond acceptors (Lipinski definition) is 4. The van der Waals surface area contributed by atoms with Crippen LogP contribution in [0.1, 0.15) is 18.2 Å². The second-order valence-electron chi connectivity index (χ2n) is 6.36. The molecule has 2 heterocycles. The molecule has 1 aliphatic heterocycles. The highest BCUT2D eigenvalue weighted by molar-refractivity contribution is 5.46. The lowest BCUT2D eigenvalue weighted by molar-refractivity contribution is 0.193. The average molecular weight is 313 g/mol. The van der Waals surface area contributed by atoms with E-state index >= 15 is 0 Å². The highest BCUT2D eigenvalue weighted by Gasteiger charge is 2.20. The first kappa shape index (κ1) is 16.0. The van der Waals surface area contributed by atoms with Crippen LogP contribution in [0.25, 0.3) is 0 Å². The number of H-pyrrole nitrogens is 1. The topological polar surface area (TPSA) is 47.2 Å². The molecular formula is C18H27N5. The lowest BCUT2D eigenvalue weighted by Gasteiger charge is -2.39. The molecule has 1 aromatic heterocycles. The summed E-state index contributed by atoms with van der Waals surface area (Å²) in [6.45, 7) is 10.7. The number of para-hydroxylation sites is 1. The van der Waals surface area contributed by atoms with Gasteiger partial charge >= 0.3 is 0 Å². The first-order chi connectivity index (χ1) is 11.2. The Kier molecular flexibility index (Phi) is 5.31. The number of anilines is 1. The van der Waals surface area contributed by atoms with Crippen LogP contribution in [0.15, 0.2) is 36.5 Å². The standard InChI is InChI=1S/C18H27N5/c1-15(12-19-13-17-14-20-21-16(17)2)22-8-10-23(11-9-22)18-6-4-3-5-7-18/h3-7,14-15,19H,8-13H2,1-2H3,(H,20,21)/t15-/m0/s1. The van der Waals surface area contributed by atoms with Gasteiger partial charge in [-0.1, -0.05) is 18.2 Å². The van der Waals surface area contributed by atoms with Crippen LogP contribution >= 0.6 is 0 Å². The van der Waals surface area contributed by atoms with Crippen molar-refractivity contribution in [1.82, 2.24) is 20.4 Å². The number of aromatic nitrogens is 2. The van der Waals surface area contributed by atoms with Crippen LogP contribution in [0.2, 0.25) is 0 Å². The Morgan fingerprint density at radius 2 is 1.91 bits per heavy atom. The molecule has 5 heteroatoms. The van der Waals surface area contributed by atoms with E-state index in [2.05, 4.69) is 69.5 Å². The van der Waals surface area contributed by atoms with E-state index in [0.29, 0.717) is 6.04 Å². The lowest BCUT2D eigenvalue weighted by atomic mass is 10.2. The third-order valence-corrected chi connectivity index (χ3v) is 4.75. The van der Waals surface area contributed by atoms with Gasteiger partial charge in [0.1, 0.15) is 0 Å². The maximum Gasteiger partial charge on any atom is 0.0535 e. The van der Waals surface area contributed by atoms with Gasteiger partial charge < -0.3 is 10.2 Å². The van der Waals surface area contributed by atoms with Crippen molar-refractivity contribution in [1.29, 1.82) is 0 Å². The van der Waals surface area contributed by atoms with E-state index in [-0.39, 0.29) is 0 Å². The number of benzene rings is 1. The largest absolute Gasteiger partial charge is 0.369 e. The Balaban J connectivity index is 1.41. The van der Waals surface area contributed by atoms with Gasteiger partial charge in [0.05, 0.1) is 6.20 Å². The second-order valence-corrected chi connectivity index (χ2v) is 6.36. The number of rotatable bonds is 6. The molecule has 124 valence electrons. The highest BCUT2D eigenvalue weighted by Crippen LogP contribution is 2.16. The Morgan fingerprint density at radius 3 is 2.57 bits per heavy atom. The summed E-state index contributed by atoms with van der Waals surface area (Å²) in [6, 6.07) is 11.3. The molecule has 1 aromatic carbocycles. The van der Waals surface area contributed by atoms with Gasteiger partial charge in [-0.3, -0.25) is 10.00 Å². The minimum absolute atomic E-state index is 0.556. The summed E-state index contributed by atoms with van der Waals surface area (Å²) in [4.78, 5) is 5.06. The number of hydrogen-bond donors (Lipinski definition) is 2. The fraction of sp³-hybridized carbons (Fsp3) is 0.500. The Bertz CT molecular complexity index is 586. The predicted octanol–water partition coefficient (Wildman–Crippen LogP) is 2.02. The van der Waals surface area contributed by atoms with Crippen LogP contribution in [-0.2, 0) is 6.54 Å². The molecule has 0 radical (unpaired) electrons. The molecule has 0 bridgehead atoms.